The Labute approximate surface area is 148 Å². The fourth-order valence-electron chi connectivity index (χ4n) is 2.79. The molecule has 6 heteroatoms. The van der Waals surface area contributed by atoms with Crippen LogP contribution in [-0.2, 0) is 11.3 Å². The molecule has 6 nitrogen and oxygen atoms in total. The number of nitrogens with zero attached hydrogens (tertiary/aromatic N) is 4. The molecule has 0 aliphatic heterocycles. The lowest BCUT2D eigenvalue weighted by Crippen LogP contribution is -2.31. The highest BCUT2D eigenvalue weighted by molar-refractivity contribution is 5.79. The van der Waals surface area contributed by atoms with Crippen molar-refractivity contribution >= 4 is 11.7 Å². The highest BCUT2D eigenvalue weighted by atomic mass is 16.1. The van der Waals surface area contributed by atoms with E-state index in [-0.39, 0.29) is 11.8 Å². The summed E-state index contributed by atoms with van der Waals surface area (Å²) in [5, 5.41) is 3.02. The van der Waals surface area contributed by atoms with E-state index in [9.17, 15) is 4.79 Å². The SMILES string of the molecule is CN(C)c1cc(CNC(=O)[C@H]2CC=CCC2)nc(-c2ccncc2)n1. The van der Waals surface area contributed by atoms with Crippen molar-refractivity contribution in [2.24, 2.45) is 5.92 Å². The van der Waals surface area contributed by atoms with E-state index in [1.165, 1.54) is 0 Å². The van der Waals surface area contributed by atoms with Crippen LogP contribution in [0.15, 0.2) is 42.7 Å². The predicted octanol–water partition coefficient (Wildman–Crippen LogP) is 2.58. The van der Waals surface area contributed by atoms with Gasteiger partial charge in [0.1, 0.15) is 5.82 Å². The summed E-state index contributed by atoms with van der Waals surface area (Å²) in [7, 11) is 3.88. The second kappa shape index (κ2) is 7.88. The highest BCUT2D eigenvalue weighted by Crippen LogP contribution is 2.20. The Morgan fingerprint density at radius 1 is 1.24 bits per heavy atom. The molecule has 1 amide bonds. The Balaban J connectivity index is 1.77. The number of hydrogen-bond acceptors (Lipinski definition) is 5. The average molecular weight is 337 g/mol. The van der Waals surface area contributed by atoms with Crippen molar-refractivity contribution in [2.45, 2.75) is 25.8 Å². The van der Waals surface area contributed by atoms with Crippen molar-refractivity contribution in [3.63, 3.8) is 0 Å². The standard InChI is InChI=1S/C19H23N5O/c1-24(2)17-12-16(13-21-19(25)15-6-4-3-5-7-15)22-18(23-17)14-8-10-20-11-9-14/h3-4,8-12,15H,5-7,13H2,1-2H3,(H,21,25)/t15-/m0/s1. The largest absolute Gasteiger partial charge is 0.363 e. The Bertz CT molecular complexity index is 758. The molecule has 25 heavy (non-hydrogen) atoms. The molecular weight excluding hydrogens is 314 g/mol. The van der Waals surface area contributed by atoms with Crippen molar-refractivity contribution in [2.75, 3.05) is 19.0 Å². The maximum absolute atomic E-state index is 12.3. The summed E-state index contributed by atoms with van der Waals surface area (Å²) < 4.78 is 0. The van der Waals surface area contributed by atoms with Crippen LogP contribution in [-0.4, -0.2) is 35.0 Å². The third kappa shape index (κ3) is 4.41. The van der Waals surface area contributed by atoms with Gasteiger partial charge in [-0.25, -0.2) is 9.97 Å². The first-order valence-electron chi connectivity index (χ1n) is 8.52. The Hall–Kier alpha value is -2.76. The van der Waals surface area contributed by atoms with Crippen molar-refractivity contribution in [3.8, 4) is 11.4 Å². The van der Waals surface area contributed by atoms with E-state index in [0.717, 1.165) is 36.3 Å². The minimum atomic E-state index is 0.0693. The zero-order valence-electron chi connectivity index (χ0n) is 14.6. The van der Waals surface area contributed by atoms with E-state index in [0.29, 0.717) is 12.4 Å². The third-order valence-electron chi connectivity index (χ3n) is 4.25. The van der Waals surface area contributed by atoms with Crippen LogP contribution in [0.4, 0.5) is 5.82 Å². The molecule has 0 unspecified atom stereocenters. The molecule has 3 rings (SSSR count). The average Bonchev–Trinajstić information content (AvgIpc) is 2.67. The zero-order chi connectivity index (χ0) is 17.6. The van der Waals surface area contributed by atoms with Gasteiger partial charge < -0.3 is 10.2 Å². The molecule has 2 aromatic rings. The second-order valence-corrected chi connectivity index (χ2v) is 6.37. The molecule has 0 spiro atoms. The topological polar surface area (TPSA) is 71.0 Å². The number of aromatic nitrogens is 3. The van der Waals surface area contributed by atoms with E-state index in [4.69, 9.17) is 0 Å². The summed E-state index contributed by atoms with van der Waals surface area (Å²) in [6.07, 6.45) is 10.4. The molecule has 130 valence electrons. The summed E-state index contributed by atoms with van der Waals surface area (Å²) in [6.45, 7) is 0.403. The fourth-order valence-corrected chi connectivity index (χ4v) is 2.79. The summed E-state index contributed by atoms with van der Waals surface area (Å²) >= 11 is 0. The molecule has 0 fully saturated rings. The number of anilines is 1. The zero-order valence-corrected chi connectivity index (χ0v) is 14.6. The van der Waals surface area contributed by atoms with Gasteiger partial charge in [-0.1, -0.05) is 12.2 Å². The molecule has 2 heterocycles. The number of amides is 1. The van der Waals surface area contributed by atoms with Crippen molar-refractivity contribution in [1.82, 2.24) is 20.3 Å². The van der Waals surface area contributed by atoms with Crippen molar-refractivity contribution < 1.29 is 4.79 Å². The lowest BCUT2D eigenvalue weighted by Gasteiger charge is -2.18. The number of rotatable bonds is 5. The molecule has 0 aromatic carbocycles. The van der Waals surface area contributed by atoms with Gasteiger partial charge in [-0.05, 0) is 31.4 Å². The van der Waals surface area contributed by atoms with Gasteiger partial charge >= 0.3 is 0 Å². The number of nitrogens with one attached hydrogen (secondary N) is 1. The van der Waals surface area contributed by atoms with Gasteiger partial charge in [0.2, 0.25) is 5.91 Å². The van der Waals surface area contributed by atoms with E-state index in [2.05, 4.69) is 32.4 Å². The second-order valence-electron chi connectivity index (χ2n) is 6.37. The van der Waals surface area contributed by atoms with Crippen LogP contribution in [0.5, 0.6) is 0 Å². The third-order valence-corrected chi connectivity index (χ3v) is 4.25. The van der Waals surface area contributed by atoms with Crippen LogP contribution < -0.4 is 10.2 Å². The smallest absolute Gasteiger partial charge is 0.223 e. The number of hydrogen-bond donors (Lipinski definition) is 1. The van der Waals surface area contributed by atoms with Crippen LogP contribution in [0.25, 0.3) is 11.4 Å². The van der Waals surface area contributed by atoms with E-state index in [1.807, 2.05) is 37.2 Å². The van der Waals surface area contributed by atoms with Gasteiger partial charge in [-0.15, -0.1) is 0 Å². The highest BCUT2D eigenvalue weighted by Gasteiger charge is 2.18. The molecular formula is C19H23N5O. The number of allylic oxidation sites excluding steroid dienone is 2. The van der Waals surface area contributed by atoms with Crippen molar-refractivity contribution in [1.29, 1.82) is 0 Å². The Morgan fingerprint density at radius 3 is 2.72 bits per heavy atom. The fraction of sp³-hybridized carbons (Fsp3) is 0.368. The van der Waals surface area contributed by atoms with Crippen molar-refractivity contribution in [3.05, 3.63) is 48.4 Å². The van der Waals surface area contributed by atoms with Gasteiger partial charge in [-0.2, -0.15) is 0 Å². The van der Waals surface area contributed by atoms with Crippen LogP contribution in [0.1, 0.15) is 25.0 Å². The number of carbonyl (C=O) groups excluding carboxylic acids is 1. The number of carbonyl (C=O) groups is 1. The van der Waals surface area contributed by atoms with Gasteiger partial charge in [0, 0.05) is 44.0 Å². The van der Waals surface area contributed by atoms with Gasteiger partial charge in [0.15, 0.2) is 5.82 Å². The van der Waals surface area contributed by atoms with E-state index < -0.39 is 0 Å². The maximum Gasteiger partial charge on any atom is 0.223 e. The van der Waals surface area contributed by atoms with E-state index >= 15 is 0 Å². The maximum atomic E-state index is 12.3. The lowest BCUT2D eigenvalue weighted by molar-refractivity contribution is -0.125. The monoisotopic (exact) mass is 337 g/mol. The first-order chi connectivity index (χ1) is 12.1. The molecule has 0 bridgehead atoms. The molecule has 0 saturated heterocycles. The molecule has 0 radical (unpaired) electrons. The van der Waals surface area contributed by atoms with Gasteiger partial charge in [-0.3, -0.25) is 9.78 Å². The minimum absolute atomic E-state index is 0.0693. The van der Waals surface area contributed by atoms with Crippen LogP contribution in [0.3, 0.4) is 0 Å². The molecule has 1 atom stereocenters. The molecule has 0 saturated carbocycles. The molecule has 1 aliphatic carbocycles. The summed E-state index contributed by atoms with van der Waals surface area (Å²) in [6, 6.07) is 5.67. The van der Waals surface area contributed by atoms with E-state index in [1.54, 1.807) is 12.4 Å². The minimum Gasteiger partial charge on any atom is -0.363 e. The Morgan fingerprint density at radius 2 is 2.04 bits per heavy atom. The molecule has 2 aromatic heterocycles. The quantitative estimate of drug-likeness (QED) is 0.849. The lowest BCUT2D eigenvalue weighted by atomic mass is 9.94. The van der Waals surface area contributed by atoms with Gasteiger partial charge in [0.25, 0.3) is 0 Å². The number of pyridine rings is 1. The molecule has 1 N–H and O–H groups in total. The van der Waals surface area contributed by atoms with Crippen LogP contribution in [0.2, 0.25) is 0 Å². The predicted molar refractivity (Wildman–Crippen MR) is 97.9 cm³/mol. The summed E-state index contributed by atoms with van der Waals surface area (Å²) in [5.74, 6) is 1.62. The first-order valence-corrected chi connectivity index (χ1v) is 8.52. The normalized spacial score (nSPS) is 16.5. The summed E-state index contributed by atoms with van der Waals surface area (Å²) in [4.78, 5) is 27.5. The first kappa shape index (κ1) is 17.1. The Kier molecular flexibility index (Phi) is 5.38. The molecule has 1 aliphatic rings. The van der Waals surface area contributed by atoms with Gasteiger partial charge in [0.05, 0.1) is 12.2 Å². The van der Waals surface area contributed by atoms with Crippen LogP contribution >= 0.6 is 0 Å². The van der Waals surface area contributed by atoms with Crippen LogP contribution in [0, 0.1) is 5.92 Å². The summed E-state index contributed by atoms with van der Waals surface area (Å²) in [5.41, 5.74) is 1.70.